The van der Waals surface area contributed by atoms with Crippen molar-refractivity contribution in [1.29, 1.82) is 0 Å². The van der Waals surface area contributed by atoms with E-state index in [1.54, 1.807) is 0 Å². The molecular formula is C15H25N3O2. The van der Waals surface area contributed by atoms with Crippen molar-refractivity contribution in [2.45, 2.75) is 45.3 Å². The Morgan fingerprint density at radius 2 is 2.25 bits per heavy atom. The van der Waals surface area contributed by atoms with Gasteiger partial charge < -0.3 is 19.9 Å². The quantitative estimate of drug-likeness (QED) is 0.829. The fourth-order valence-electron chi connectivity index (χ4n) is 2.65. The van der Waals surface area contributed by atoms with Crippen LogP contribution in [-0.4, -0.2) is 36.3 Å². The molecule has 1 aromatic heterocycles. The maximum atomic E-state index is 12.1. The first-order valence-electron chi connectivity index (χ1n) is 7.46. The summed E-state index contributed by atoms with van der Waals surface area (Å²) in [5.74, 6) is 0.0815. The summed E-state index contributed by atoms with van der Waals surface area (Å²) in [6.45, 7) is 7.00. The Morgan fingerprint density at radius 1 is 1.50 bits per heavy atom. The summed E-state index contributed by atoms with van der Waals surface area (Å²) < 4.78 is 7.32. The highest BCUT2D eigenvalue weighted by Crippen LogP contribution is 2.13. The number of nitrogens with one attached hydrogen (secondary N) is 2. The van der Waals surface area contributed by atoms with Crippen LogP contribution in [0.2, 0.25) is 0 Å². The summed E-state index contributed by atoms with van der Waals surface area (Å²) in [5.41, 5.74) is 1.15. The molecule has 0 saturated carbocycles. The number of rotatable bonds is 6. The van der Waals surface area contributed by atoms with Crippen LogP contribution >= 0.6 is 0 Å². The van der Waals surface area contributed by atoms with E-state index in [0.29, 0.717) is 6.54 Å². The normalized spacial score (nSPS) is 17.9. The van der Waals surface area contributed by atoms with Gasteiger partial charge in [0.2, 0.25) is 5.91 Å². The van der Waals surface area contributed by atoms with Crippen LogP contribution in [-0.2, 0) is 16.1 Å². The Kier molecular flexibility index (Phi) is 5.61. The topological polar surface area (TPSA) is 55.3 Å². The summed E-state index contributed by atoms with van der Waals surface area (Å²) >= 11 is 0. The second-order valence-electron chi connectivity index (χ2n) is 5.29. The minimum Gasteiger partial charge on any atom is -0.381 e. The van der Waals surface area contributed by atoms with Crippen LogP contribution in [0, 0.1) is 0 Å². The molecule has 0 aliphatic carbocycles. The number of hydrogen-bond donors (Lipinski definition) is 2. The van der Waals surface area contributed by atoms with E-state index in [4.69, 9.17) is 4.74 Å². The third kappa shape index (κ3) is 4.08. The van der Waals surface area contributed by atoms with Gasteiger partial charge in [-0.25, -0.2) is 0 Å². The van der Waals surface area contributed by atoms with Crippen molar-refractivity contribution >= 4 is 5.91 Å². The maximum Gasteiger partial charge on any atom is 0.240 e. The molecule has 112 valence electrons. The molecule has 0 aromatic carbocycles. The SMILES string of the molecule is CCNC(C)c1cccn1CC(=O)NC1CCOCC1. The van der Waals surface area contributed by atoms with Gasteiger partial charge in [-0.3, -0.25) is 4.79 Å². The molecule has 5 heteroatoms. The lowest BCUT2D eigenvalue weighted by atomic mass is 10.1. The van der Waals surface area contributed by atoms with Gasteiger partial charge in [0, 0.05) is 37.2 Å². The Balaban J connectivity index is 1.89. The Bertz CT molecular complexity index is 425. The van der Waals surface area contributed by atoms with E-state index in [2.05, 4.69) is 30.5 Å². The third-order valence-electron chi connectivity index (χ3n) is 3.72. The molecular weight excluding hydrogens is 254 g/mol. The first-order valence-corrected chi connectivity index (χ1v) is 7.46. The predicted molar refractivity (Wildman–Crippen MR) is 78.5 cm³/mol. The highest BCUT2D eigenvalue weighted by Gasteiger charge is 2.17. The standard InChI is InChI=1S/C15H25N3O2/c1-3-16-12(2)14-5-4-8-18(14)11-15(19)17-13-6-9-20-10-7-13/h4-5,8,12-13,16H,3,6-7,9-11H2,1-2H3,(H,17,19). The molecule has 1 fully saturated rings. The van der Waals surface area contributed by atoms with Crippen LogP contribution in [0.5, 0.6) is 0 Å². The molecule has 1 atom stereocenters. The summed E-state index contributed by atoms with van der Waals surface area (Å²) in [4.78, 5) is 12.1. The second kappa shape index (κ2) is 7.45. The summed E-state index contributed by atoms with van der Waals surface area (Å²) in [6.07, 6.45) is 3.79. The van der Waals surface area contributed by atoms with Gasteiger partial charge in [0.1, 0.15) is 6.54 Å². The van der Waals surface area contributed by atoms with Crippen LogP contribution in [0.1, 0.15) is 38.4 Å². The number of aromatic nitrogens is 1. The highest BCUT2D eigenvalue weighted by molar-refractivity contribution is 5.76. The fourth-order valence-corrected chi connectivity index (χ4v) is 2.65. The van der Waals surface area contributed by atoms with Gasteiger partial charge in [0.15, 0.2) is 0 Å². The number of carbonyl (C=O) groups is 1. The average Bonchev–Trinajstić information content (AvgIpc) is 2.88. The van der Waals surface area contributed by atoms with Gasteiger partial charge in [-0.05, 0) is 38.4 Å². The van der Waals surface area contributed by atoms with E-state index >= 15 is 0 Å². The van der Waals surface area contributed by atoms with Crippen LogP contribution in [0.15, 0.2) is 18.3 Å². The molecule has 1 saturated heterocycles. The van der Waals surface area contributed by atoms with Crippen LogP contribution in [0.4, 0.5) is 0 Å². The Hall–Kier alpha value is -1.33. The molecule has 1 aliphatic rings. The lowest BCUT2D eigenvalue weighted by Crippen LogP contribution is -2.40. The molecule has 5 nitrogen and oxygen atoms in total. The summed E-state index contributed by atoms with van der Waals surface area (Å²) in [6, 6.07) is 4.58. The third-order valence-corrected chi connectivity index (χ3v) is 3.72. The fraction of sp³-hybridized carbons (Fsp3) is 0.667. The van der Waals surface area contributed by atoms with Gasteiger partial charge in [0.25, 0.3) is 0 Å². The molecule has 0 spiro atoms. The van der Waals surface area contributed by atoms with Crippen molar-refractivity contribution in [1.82, 2.24) is 15.2 Å². The zero-order valence-corrected chi connectivity index (χ0v) is 12.4. The van der Waals surface area contributed by atoms with Gasteiger partial charge in [-0.15, -0.1) is 0 Å². The molecule has 2 heterocycles. The first kappa shape index (κ1) is 15.1. The van der Waals surface area contributed by atoms with Crippen molar-refractivity contribution < 1.29 is 9.53 Å². The highest BCUT2D eigenvalue weighted by atomic mass is 16.5. The molecule has 0 bridgehead atoms. The van der Waals surface area contributed by atoms with Gasteiger partial charge in [0.05, 0.1) is 0 Å². The van der Waals surface area contributed by atoms with Gasteiger partial charge >= 0.3 is 0 Å². The van der Waals surface area contributed by atoms with Crippen molar-refractivity contribution in [2.75, 3.05) is 19.8 Å². The maximum absolute atomic E-state index is 12.1. The van der Waals surface area contributed by atoms with Crippen molar-refractivity contribution in [3.8, 4) is 0 Å². The number of amides is 1. The lowest BCUT2D eigenvalue weighted by Gasteiger charge is -2.23. The van der Waals surface area contributed by atoms with Crippen molar-refractivity contribution in [2.24, 2.45) is 0 Å². The number of carbonyl (C=O) groups excluding carboxylic acids is 1. The summed E-state index contributed by atoms with van der Waals surface area (Å²) in [5, 5.41) is 6.47. The zero-order chi connectivity index (χ0) is 14.4. The van der Waals surface area contributed by atoms with E-state index in [1.165, 1.54) is 0 Å². The van der Waals surface area contributed by atoms with Crippen LogP contribution < -0.4 is 10.6 Å². The van der Waals surface area contributed by atoms with E-state index in [0.717, 1.165) is 38.3 Å². The Morgan fingerprint density at radius 3 is 2.95 bits per heavy atom. The molecule has 20 heavy (non-hydrogen) atoms. The minimum absolute atomic E-state index is 0.0815. The van der Waals surface area contributed by atoms with Crippen molar-refractivity contribution in [3.05, 3.63) is 24.0 Å². The van der Waals surface area contributed by atoms with E-state index in [9.17, 15) is 4.79 Å². The molecule has 2 rings (SSSR count). The molecule has 1 unspecified atom stereocenters. The van der Waals surface area contributed by atoms with Gasteiger partial charge in [-0.1, -0.05) is 6.92 Å². The summed E-state index contributed by atoms with van der Waals surface area (Å²) in [7, 11) is 0. The molecule has 1 aliphatic heterocycles. The average molecular weight is 279 g/mol. The number of nitrogens with zero attached hydrogens (tertiary/aromatic N) is 1. The predicted octanol–water partition coefficient (Wildman–Crippen LogP) is 1.45. The number of ether oxygens (including phenoxy) is 1. The molecule has 1 amide bonds. The molecule has 2 N–H and O–H groups in total. The monoisotopic (exact) mass is 279 g/mol. The smallest absolute Gasteiger partial charge is 0.240 e. The van der Waals surface area contributed by atoms with E-state index in [-0.39, 0.29) is 18.0 Å². The Labute approximate surface area is 120 Å². The van der Waals surface area contributed by atoms with E-state index in [1.807, 2.05) is 16.8 Å². The first-order chi connectivity index (χ1) is 9.70. The molecule has 0 radical (unpaired) electrons. The number of hydrogen-bond acceptors (Lipinski definition) is 3. The lowest BCUT2D eigenvalue weighted by molar-refractivity contribution is -0.123. The second-order valence-corrected chi connectivity index (χ2v) is 5.29. The van der Waals surface area contributed by atoms with Crippen LogP contribution in [0.25, 0.3) is 0 Å². The zero-order valence-electron chi connectivity index (χ0n) is 12.4. The minimum atomic E-state index is 0.0815. The van der Waals surface area contributed by atoms with Gasteiger partial charge in [-0.2, -0.15) is 0 Å². The molecule has 1 aromatic rings. The van der Waals surface area contributed by atoms with Crippen LogP contribution in [0.3, 0.4) is 0 Å². The van der Waals surface area contributed by atoms with Crippen molar-refractivity contribution in [3.63, 3.8) is 0 Å². The van der Waals surface area contributed by atoms with E-state index < -0.39 is 0 Å². The largest absolute Gasteiger partial charge is 0.381 e.